The third kappa shape index (κ3) is 6.22. The van der Waals surface area contributed by atoms with Crippen LogP contribution in [0.1, 0.15) is 13.3 Å². The summed E-state index contributed by atoms with van der Waals surface area (Å²) in [5.41, 5.74) is 5.42. The molecule has 88 valence electrons. The Kier molecular flexibility index (Phi) is 5.49. The van der Waals surface area contributed by atoms with E-state index in [0.717, 1.165) is 7.11 Å². The van der Waals surface area contributed by atoms with E-state index in [9.17, 15) is 9.36 Å². The van der Waals surface area contributed by atoms with Crippen LogP contribution < -0.4 is 5.73 Å². The number of carbonyl (C=O) groups is 1. The molecule has 0 bridgehead atoms. The summed E-state index contributed by atoms with van der Waals surface area (Å²) < 4.78 is 18.5. The van der Waals surface area contributed by atoms with Crippen molar-refractivity contribution in [2.24, 2.45) is 10.5 Å². The van der Waals surface area contributed by atoms with E-state index >= 15 is 0 Å². The topological polar surface area (TPSA) is 105 Å². The van der Waals surface area contributed by atoms with Crippen LogP contribution in [0.4, 0.5) is 0 Å². The van der Waals surface area contributed by atoms with Crippen LogP contribution in [0.25, 0.3) is 0 Å². The summed E-state index contributed by atoms with van der Waals surface area (Å²) in [5, 5.41) is 0. The van der Waals surface area contributed by atoms with E-state index in [1.807, 2.05) is 0 Å². The lowest BCUT2D eigenvalue weighted by molar-refractivity contribution is -0.117. The first kappa shape index (κ1) is 14.1. The number of nitrogens with two attached hydrogens (primary N) is 1. The summed E-state index contributed by atoms with van der Waals surface area (Å²) in [5.74, 6) is -0.127. The van der Waals surface area contributed by atoms with Crippen molar-refractivity contribution in [2.75, 3.05) is 20.7 Å². The first-order valence-corrected chi connectivity index (χ1v) is 5.76. The number of Topliss-reactive ketones (excluding diaryl/α,β-unsaturated/α-hetero) is 1. The Morgan fingerprint density at radius 1 is 1.67 bits per heavy atom. The Morgan fingerprint density at radius 3 is 2.60 bits per heavy atom. The molecule has 0 heterocycles. The van der Waals surface area contributed by atoms with Gasteiger partial charge in [0.05, 0.1) is 0 Å². The summed E-state index contributed by atoms with van der Waals surface area (Å²) in [6, 6.07) is 0. The van der Waals surface area contributed by atoms with Gasteiger partial charge in [0.2, 0.25) is 5.96 Å². The maximum absolute atomic E-state index is 11.0. The molecular weight excluding hydrogens is 221 g/mol. The van der Waals surface area contributed by atoms with Crippen molar-refractivity contribution in [2.45, 2.75) is 13.3 Å². The lowest BCUT2D eigenvalue weighted by Gasteiger charge is -2.17. The molecule has 0 aliphatic rings. The fourth-order valence-electron chi connectivity index (χ4n) is 0.686. The van der Waals surface area contributed by atoms with E-state index in [1.54, 1.807) is 7.05 Å². The van der Waals surface area contributed by atoms with Gasteiger partial charge in [0, 0.05) is 27.1 Å². The molecule has 0 aromatic rings. The van der Waals surface area contributed by atoms with E-state index in [0.29, 0.717) is 13.0 Å². The lowest BCUT2D eigenvalue weighted by Crippen LogP contribution is -2.35. The number of carbonyl (C=O) groups excluding carboxylic acids is 1. The van der Waals surface area contributed by atoms with Crippen LogP contribution in [0, 0.1) is 0 Å². The second kappa shape index (κ2) is 5.85. The van der Waals surface area contributed by atoms with E-state index in [2.05, 4.69) is 9.29 Å². The second-order valence-corrected chi connectivity index (χ2v) is 4.55. The van der Waals surface area contributed by atoms with Crippen LogP contribution in [-0.4, -0.2) is 42.2 Å². The molecule has 0 aliphatic heterocycles. The van der Waals surface area contributed by atoms with E-state index in [4.69, 9.17) is 10.6 Å². The minimum Gasteiger partial charge on any atom is -0.369 e. The molecule has 0 aromatic carbocycles. The molecule has 1 atom stereocenters. The Balaban J connectivity index is 4.37. The molecule has 15 heavy (non-hydrogen) atoms. The smallest absolute Gasteiger partial charge is 0.369 e. The molecule has 0 aliphatic carbocycles. The van der Waals surface area contributed by atoms with Crippen molar-refractivity contribution >= 4 is 19.5 Å². The zero-order valence-electron chi connectivity index (χ0n) is 9.01. The Bertz CT molecular complexity index is 305. The number of nitrogens with zero attached hydrogens (tertiary/aromatic N) is 2. The van der Waals surface area contributed by atoms with Gasteiger partial charge in [-0.1, -0.05) is 0 Å². The number of guanidine groups is 1. The molecule has 0 spiro atoms. The summed E-state index contributed by atoms with van der Waals surface area (Å²) in [4.78, 5) is 21.1. The molecular formula is C7H16N3O4P. The van der Waals surface area contributed by atoms with Gasteiger partial charge in [0.25, 0.3) is 0 Å². The van der Waals surface area contributed by atoms with E-state index < -0.39 is 7.75 Å². The van der Waals surface area contributed by atoms with Crippen molar-refractivity contribution < 1.29 is 18.8 Å². The minimum absolute atomic E-state index is 0.00794. The van der Waals surface area contributed by atoms with Crippen molar-refractivity contribution in [3.63, 3.8) is 0 Å². The Hall–Kier alpha value is -0.910. The maximum Gasteiger partial charge on any atom is 0.454 e. The van der Waals surface area contributed by atoms with Crippen molar-refractivity contribution in [3.05, 3.63) is 0 Å². The first-order chi connectivity index (χ1) is 6.78. The van der Waals surface area contributed by atoms with Gasteiger partial charge < -0.3 is 15.5 Å². The zero-order chi connectivity index (χ0) is 12.1. The highest BCUT2D eigenvalue weighted by Crippen LogP contribution is 2.42. The molecule has 0 saturated heterocycles. The van der Waals surface area contributed by atoms with Crippen LogP contribution in [-0.2, 0) is 13.9 Å². The highest BCUT2D eigenvalue weighted by atomic mass is 31.2. The largest absolute Gasteiger partial charge is 0.454 e. The first-order valence-electron chi connectivity index (χ1n) is 4.23. The molecule has 0 aromatic heterocycles. The van der Waals surface area contributed by atoms with Crippen molar-refractivity contribution in [1.82, 2.24) is 4.90 Å². The van der Waals surface area contributed by atoms with E-state index in [-0.39, 0.29) is 11.7 Å². The van der Waals surface area contributed by atoms with Crippen LogP contribution in [0.5, 0.6) is 0 Å². The number of ketones is 1. The second-order valence-electron chi connectivity index (χ2n) is 3.00. The van der Waals surface area contributed by atoms with Gasteiger partial charge in [-0.05, 0) is 6.92 Å². The predicted octanol–water partition coefficient (Wildman–Crippen LogP) is -0.0412. The molecule has 1 unspecified atom stereocenters. The monoisotopic (exact) mass is 237 g/mol. The van der Waals surface area contributed by atoms with Crippen LogP contribution in [0.2, 0.25) is 0 Å². The Morgan fingerprint density at radius 2 is 2.20 bits per heavy atom. The SMILES string of the molecule is COP(=O)(O)N=C(N)N(C)CCC(C)=O. The summed E-state index contributed by atoms with van der Waals surface area (Å²) in [6.07, 6.45) is 0.301. The fraction of sp³-hybridized carbons (Fsp3) is 0.714. The molecule has 0 fully saturated rings. The average Bonchev–Trinajstić information content (AvgIpc) is 2.13. The van der Waals surface area contributed by atoms with Crippen LogP contribution in [0.15, 0.2) is 4.76 Å². The summed E-state index contributed by atoms with van der Waals surface area (Å²) >= 11 is 0. The molecule has 0 rings (SSSR count). The van der Waals surface area contributed by atoms with Gasteiger partial charge in [-0.15, -0.1) is 4.76 Å². The molecule has 3 N–H and O–H groups in total. The molecule has 0 amide bonds. The molecule has 0 radical (unpaired) electrons. The Labute approximate surface area is 88.5 Å². The van der Waals surface area contributed by atoms with Crippen molar-refractivity contribution in [3.8, 4) is 0 Å². The van der Waals surface area contributed by atoms with Gasteiger partial charge in [0.1, 0.15) is 5.78 Å². The quantitative estimate of drug-likeness (QED) is 0.395. The highest BCUT2D eigenvalue weighted by Gasteiger charge is 2.17. The molecule has 7 nitrogen and oxygen atoms in total. The van der Waals surface area contributed by atoms with Crippen LogP contribution >= 0.6 is 7.75 Å². The van der Waals surface area contributed by atoms with Gasteiger partial charge >= 0.3 is 7.75 Å². The third-order valence-electron chi connectivity index (χ3n) is 1.66. The van der Waals surface area contributed by atoms with Gasteiger partial charge in [-0.25, -0.2) is 4.57 Å². The number of hydrogen-bond donors (Lipinski definition) is 2. The fourth-order valence-corrected chi connectivity index (χ4v) is 1.18. The summed E-state index contributed by atoms with van der Waals surface area (Å²) in [7, 11) is -1.36. The molecule has 0 saturated carbocycles. The molecule has 8 heteroatoms. The minimum atomic E-state index is -3.99. The van der Waals surface area contributed by atoms with Gasteiger partial charge in [-0.3, -0.25) is 9.32 Å². The number of rotatable bonds is 5. The number of hydrogen-bond acceptors (Lipinski definition) is 3. The average molecular weight is 237 g/mol. The lowest BCUT2D eigenvalue weighted by atomic mass is 10.3. The van der Waals surface area contributed by atoms with Crippen molar-refractivity contribution in [1.29, 1.82) is 0 Å². The van der Waals surface area contributed by atoms with Crippen LogP contribution in [0.3, 0.4) is 0 Å². The highest BCUT2D eigenvalue weighted by molar-refractivity contribution is 7.51. The maximum atomic E-state index is 11.0. The summed E-state index contributed by atoms with van der Waals surface area (Å²) in [6.45, 7) is 1.79. The van der Waals surface area contributed by atoms with Gasteiger partial charge in [-0.2, -0.15) is 0 Å². The standard InChI is InChI=1S/C7H16N3O4P/c1-6(11)4-5-10(2)7(8)9-15(12,13)14-3/h4-5H2,1-3H3,(H3,8,9,12,13). The van der Waals surface area contributed by atoms with Gasteiger partial charge in [0.15, 0.2) is 0 Å². The third-order valence-corrected chi connectivity index (χ3v) is 2.59. The normalized spacial score (nSPS) is 15.9. The predicted molar refractivity (Wildman–Crippen MR) is 56.4 cm³/mol. The zero-order valence-corrected chi connectivity index (χ0v) is 9.90. The van der Waals surface area contributed by atoms with E-state index in [1.165, 1.54) is 11.8 Å².